The number of carboxylic acids is 1. The zero-order valence-electron chi connectivity index (χ0n) is 18.6. The van der Waals surface area contributed by atoms with E-state index in [1.165, 1.54) is 25.6 Å². The zero-order valence-corrected chi connectivity index (χ0v) is 19.4. The van der Waals surface area contributed by atoms with Crippen LogP contribution in [0, 0.1) is 5.92 Å². The topological polar surface area (TPSA) is 191 Å². The number of aliphatic hydroxyl groups is 2. The van der Waals surface area contributed by atoms with Gasteiger partial charge in [-0.2, -0.15) is 11.8 Å². The zero-order chi connectivity index (χ0) is 24.3. The number of carboxylic acid groups (broad SMARTS) is 1. The average Bonchev–Trinajstić information content (AvgIpc) is 2.70. The second kappa shape index (κ2) is 14.2. The maximum atomic E-state index is 12.8. The summed E-state index contributed by atoms with van der Waals surface area (Å²) in [6.07, 6.45) is 0.0809. The number of aliphatic hydroxyl groups excluding tert-OH is 2. The summed E-state index contributed by atoms with van der Waals surface area (Å²) < 4.78 is 0. The summed E-state index contributed by atoms with van der Waals surface area (Å²) in [5.74, 6) is -3.41. The van der Waals surface area contributed by atoms with E-state index in [4.69, 9.17) is 10.8 Å². The first kappa shape index (κ1) is 29.1. The van der Waals surface area contributed by atoms with Gasteiger partial charge in [0.15, 0.2) is 6.04 Å². The molecule has 31 heavy (non-hydrogen) atoms. The fourth-order valence-electron chi connectivity index (χ4n) is 2.62. The Morgan fingerprint density at radius 2 is 1.32 bits per heavy atom. The molecule has 0 aliphatic rings. The molecule has 3 amide bonds. The van der Waals surface area contributed by atoms with Crippen LogP contribution in [0.4, 0.5) is 0 Å². The van der Waals surface area contributed by atoms with Crippen LogP contribution in [-0.4, -0.2) is 87.4 Å². The van der Waals surface area contributed by atoms with Crippen molar-refractivity contribution in [2.75, 3.05) is 12.0 Å². The van der Waals surface area contributed by atoms with Crippen LogP contribution < -0.4 is 21.7 Å². The van der Waals surface area contributed by atoms with Crippen molar-refractivity contribution in [1.82, 2.24) is 16.0 Å². The molecular formula is C19H36N4O7S. The second-order valence-corrected chi connectivity index (χ2v) is 8.54. The minimum absolute atomic E-state index is 0.384. The molecule has 0 heterocycles. The summed E-state index contributed by atoms with van der Waals surface area (Å²) in [7, 11) is 0. The third-order valence-electron chi connectivity index (χ3n) is 4.87. The molecule has 12 heteroatoms. The van der Waals surface area contributed by atoms with Gasteiger partial charge in [0.1, 0.15) is 12.1 Å². The van der Waals surface area contributed by atoms with E-state index in [-0.39, 0.29) is 0 Å². The average molecular weight is 465 g/mol. The van der Waals surface area contributed by atoms with Crippen molar-refractivity contribution in [3.63, 3.8) is 0 Å². The van der Waals surface area contributed by atoms with Crippen molar-refractivity contribution < 1.29 is 34.5 Å². The first-order valence-corrected chi connectivity index (χ1v) is 11.5. The number of nitrogens with one attached hydrogen (secondary N) is 3. The van der Waals surface area contributed by atoms with E-state index in [2.05, 4.69) is 16.0 Å². The van der Waals surface area contributed by atoms with Crippen molar-refractivity contribution in [1.29, 1.82) is 0 Å². The molecule has 0 radical (unpaired) electrons. The van der Waals surface area contributed by atoms with E-state index < -0.39 is 66.0 Å². The second-order valence-electron chi connectivity index (χ2n) is 7.55. The number of carbonyl (C=O) groups is 4. The third-order valence-corrected chi connectivity index (χ3v) is 5.52. The predicted octanol–water partition coefficient (Wildman–Crippen LogP) is -1.59. The number of thioether (sulfide) groups is 1. The van der Waals surface area contributed by atoms with E-state index >= 15 is 0 Å². The Balaban J connectivity index is 5.43. The molecule has 0 saturated carbocycles. The third kappa shape index (κ3) is 9.85. The molecule has 8 N–H and O–H groups in total. The van der Waals surface area contributed by atoms with Crippen LogP contribution >= 0.6 is 11.8 Å². The van der Waals surface area contributed by atoms with Gasteiger partial charge in [0, 0.05) is 0 Å². The minimum Gasteiger partial charge on any atom is -0.480 e. The fourth-order valence-corrected chi connectivity index (χ4v) is 3.11. The van der Waals surface area contributed by atoms with Gasteiger partial charge in [0.05, 0.1) is 18.2 Å². The Bertz CT molecular complexity index is 618. The van der Waals surface area contributed by atoms with Gasteiger partial charge in [0.25, 0.3) is 0 Å². The van der Waals surface area contributed by atoms with Gasteiger partial charge in [-0.1, -0.05) is 20.3 Å². The van der Waals surface area contributed by atoms with Crippen LogP contribution in [0.25, 0.3) is 0 Å². The Morgan fingerprint density at radius 1 is 0.871 bits per heavy atom. The van der Waals surface area contributed by atoms with Crippen LogP contribution in [0.3, 0.4) is 0 Å². The molecule has 0 bridgehead atoms. The molecule has 0 fully saturated rings. The Morgan fingerprint density at radius 3 is 1.74 bits per heavy atom. The van der Waals surface area contributed by atoms with Crippen molar-refractivity contribution in [2.24, 2.45) is 11.7 Å². The number of rotatable bonds is 14. The Kier molecular flexibility index (Phi) is 13.4. The highest BCUT2D eigenvalue weighted by Gasteiger charge is 2.35. The number of amides is 3. The molecular weight excluding hydrogens is 428 g/mol. The van der Waals surface area contributed by atoms with Gasteiger partial charge >= 0.3 is 5.97 Å². The molecule has 0 spiro atoms. The fraction of sp³-hybridized carbons (Fsp3) is 0.789. The van der Waals surface area contributed by atoms with Crippen molar-refractivity contribution >= 4 is 35.5 Å². The van der Waals surface area contributed by atoms with Crippen LogP contribution in [0.2, 0.25) is 0 Å². The van der Waals surface area contributed by atoms with Crippen LogP contribution in [0.1, 0.15) is 40.5 Å². The lowest BCUT2D eigenvalue weighted by Gasteiger charge is -2.29. The Labute approximate surface area is 186 Å². The maximum absolute atomic E-state index is 12.8. The number of aliphatic carboxylic acids is 1. The van der Waals surface area contributed by atoms with Gasteiger partial charge in [-0.3, -0.25) is 14.4 Å². The van der Waals surface area contributed by atoms with E-state index in [1.54, 1.807) is 13.8 Å². The molecule has 7 atom stereocenters. The quantitative estimate of drug-likeness (QED) is 0.159. The molecule has 0 aliphatic carbocycles. The summed E-state index contributed by atoms with van der Waals surface area (Å²) in [6, 6.07) is -4.93. The van der Waals surface area contributed by atoms with Gasteiger partial charge < -0.3 is 37.0 Å². The molecule has 0 aromatic heterocycles. The van der Waals surface area contributed by atoms with Gasteiger partial charge in [0.2, 0.25) is 17.7 Å². The summed E-state index contributed by atoms with van der Waals surface area (Å²) in [6.45, 7) is 5.98. The summed E-state index contributed by atoms with van der Waals surface area (Å²) in [5.41, 5.74) is 5.80. The number of hydrogen-bond donors (Lipinski definition) is 7. The molecule has 0 saturated heterocycles. The monoisotopic (exact) mass is 464 g/mol. The summed E-state index contributed by atoms with van der Waals surface area (Å²) in [5, 5.41) is 35.8. The standard InChI is InChI=1S/C19H36N4O7S/c1-6-9(2)13(17(27)23-15(11(4)25)19(29)30)21-18(28)14(10(3)24)22-16(26)12(20)7-8-31-5/h9-15,24-25H,6-8,20H2,1-5H3,(H,21,28)(H,22,26)(H,23,27)(H,29,30). The van der Waals surface area contributed by atoms with E-state index in [0.29, 0.717) is 18.6 Å². The van der Waals surface area contributed by atoms with Crippen molar-refractivity contribution in [3.8, 4) is 0 Å². The first-order valence-electron chi connectivity index (χ1n) is 10.1. The highest BCUT2D eigenvalue weighted by Crippen LogP contribution is 2.10. The number of carbonyl (C=O) groups excluding carboxylic acids is 3. The molecule has 0 rings (SSSR count). The van der Waals surface area contributed by atoms with Gasteiger partial charge in [-0.15, -0.1) is 0 Å². The van der Waals surface area contributed by atoms with Crippen LogP contribution in [-0.2, 0) is 19.2 Å². The molecule has 0 aromatic carbocycles. The minimum atomic E-state index is -1.56. The molecule has 11 nitrogen and oxygen atoms in total. The lowest BCUT2D eigenvalue weighted by atomic mass is 9.97. The smallest absolute Gasteiger partial charge is 0.328 e. The van der Waals surface area contributed by atoms with E-state index in [0.717, 1.165) is 0 Å². The maximum Gasteiger partial charge on any atom is 0.328 e. The molecule has 180 valence electrons. The molecule has 7 unspecified atom stereocenters. The first-order chi connectivity index (χ1) is 14.4. The van der Waals surface area contributed by atoms with Crippen LogP contribution in [0.5, 0.6) is 0 Å². The molecule has 0 aliphatic heterocycles. The predicted molar refractivity (Wildman–Crippen MR) is 117 cm³/mol. The normalized spacial score (nSPS) is 17.9. The lowest BCUT2D eigenvalue weighted by Crippen LogP contribution is -2.61. The highest BCUT2D eigenvalue weighted by molar-refractivity contribution is 7.98. The largest absolute Gasteiger partial charge is 0.480 e. The van der Waals surface area contributed by atoms with Crippen LogP contribution in [0.15, 0.2) is 0 Å². The van der Waals surface area contributed by atoms with Gasteiger partial charge in [-0.25, -0.2) is 4.79 Å². The summed E-state index contributed by atoms with van der Waals surface area (Å²) >= 11 is 1.51. The molecule has 0 aromatic rings. The van der Waals surface area contributed by atoms with Crippen molar-refractivity contribution in [2.45, 2.75) is 76.9 Å². The lowest BCUT2D eigenvalue weighted by molar-refractivity contribution is -0.145. The Hall–Kier alpha value is -1.89. The number of hydrogen-bond acceptors (Lipinski definition) is 8. The highest BCUT2D eigenvalue weighted by atomic mass is 32.2. The number of nitrogens with two attached hydrogens (primary N) is 1. The summed E-state index contributed by atoms with van der Waals surface area (Å²) in [4.78, 5) is 49.0. The SMILES string of the molecule is CCC(C)C(NC(=O)C(NC(=O)C(N)CCSC)C(C)O)C(=O)NC(C(=O)O)C(C)O. The van der Waals surface area contributed by atoms with E-state index in [9.17, 15) is 29.4 Å². The van der Waals surface area contributed by atoms with E-state index in [1.807, 2.05) is 6.26 Å². The van der Waals surface area contributed by atoms with Crippen molar-refractivity contribution in [3.05, 3.63) is 0 Å². The van der Waals surface area contributed by atoms with Gasteiger partial charge in [-0.05, 0) is 38.2 Å².